The molecule has 0 unspecified atom stereocenters. The lowest BCUT2D eigenvalue weighted by molar-refractivity contribution is 0.0998. The molecule has 140 valence electrons. The van der Waals surface area contributed by atoms with Gasteiger partial charge in [-0.1, -0.05) is 41.5 Å². The number of ether oxygens (including phenoxy) is 2. The molecule has 0 radical (unpaired) electrons. The number of thiazole rings is 1. The van der Waals surface area contributed by atoms with Gasteiger partial charge in [-0.3, -0.25) is 4.79 Å². The number of halogens is 2. The molecule has 0 fully saturated rings. The minimum atomic E-state index is -0.420. The van der Waals surface area contributed by atoms with E-state index in [4.69, 9.17) is 32.7 Å². The van der Waals surface area contributed by atoms with E-state index in [1.54, 1.807) is 12.1 Å². The number of amides is 1. The van der Waals surface area contributed by atoms with Gasteiger partial charge in [0, 0.05) is 23.7 Å². The Balaban J connectivity index is 1.87. The molecule has 1 aliphatic heterocycles. The number of aromatic nitrogens is 1. The Morgan fingerprint density at radius 3 is 2.67 bits per heavy atom. The number of aryl methyl sites for hydroxylation is 1. The Hall–Kier alpha value is -2.02. The second-order valence-corrected chi connectivity index (χ2v) is 7.89. The van der Waals surface area contributed by atoms with Crippen LogP contribution in [0.25, 0.3) is 10.2 Å². The van der Waals surface area contributed by atoms with E-state index >= 15 is 0 Å². The Kier molecular flexibility index (Phi) is 5.12. The van der Waals surface area contributed by atoms with Crippen LogP contribution in [0.1, 0.15) is 23.7 Å². The highest BCUT2D eigenvalue weighted by molar-refractivity contribution is 7.16. The van der Waals surface area contributed by atoms with Crippen LogP contribution in [0.4, 0.5) is 0 Å². The van der Waals surface area contributed by atoms with Crippen LogP contribution in [-0.4, -0.2) is 23.7 Å². The molecule has 27 heavy (non-hydrogen) atoms. The quantitative estimate of drug-likeness (QED) is 0.600. The van der Waals surface area contributed by atoms with E-state index < -0.39 is 5.91 Å². The van der Waals surface area contributed by atoms with Crippen molar-refractivity contribution in [1.29, 1.82) is 0 Å². The van der Waals surface area contributed by atoms with Gasteiger partial charge in [-0.05, 0) is 24.6 Å². The lowest BCUT2D eigenvalue weighted by Crippen LogP contribution is -2.17. The predicted octanol–water partition coefficient (Wildman–Crippen LogP) is 4.93. The fraction of sp³-hybridized carbons (Fsp3) is 0.263. The van der Waals surface area contributed by atoms with Gasteiger partial charge in [0.2, 0.25) is 0 Å². The van der Waals surface area contributed by atoms with Crippen LogP contribution in [0.15, 0.2) is 35.3 Å². The van der Waals surface area contributed by atoms with Crippen LogP contribution in [0.2, 0.25) is 10.0 Å². The molecule has 0 atom stereocenters. The zero-order valence-electron chi connectivity index (χ0n) is 14.5. The second kappa shape index (κ2) is 7.54. The molecule has 3 aromatic rings. The largest absolute Gasteiger partial charge is 0.486 e. The summed E-state index contributed by atoms with van der Waals surface area (Å²) in [5, 5.41) is 0.770. The van der Waals surface area contributed by atoms with E-state index in [9.17, 15) is 4.79 Å². The number of carbonyl (C=O) groups is 1. The smallest absolute Gasteiger partial charge is 0.281 e. The first-order valence-electron chi connectivity index (χ1n) is 8.54. The fourth-order valence-electron chi connectivity index (χ4n) is 2.94. The molecule has 2 aromatic carbocycles. The minimum absolute atomic E-state index is 0.288. The van der Waals surface area contributed by atoms with Gasteiger partial charge in [-0.15, -0.1) is 0 Å². The summed E-state index contributed by atoms with van der Waals surface area (Å²) in [6.07, 6.45) is 0.902. The molecular formula is C19H16Cl2N2O3S. The van der Waals surface area contributed by atoms with E-state index in [-0.39, 0.29) is 5.56 Å². The molecule has 2 heterocycles. The summed E-state index contributed by atoms with van der Waals surface area (Å²) in [6, 6.07) is 8.66. The number of hydrogen-bond donors (Lipinski definition) is 0. The highest BCUT2D eigenvalue weighted by Crippen LogP contribution is 2.35. The van der Waals surface area contributed by atoms with Gasteiger partial charge < -0.3 is 14.0 Å². The summed E-state index contributed by atoms with van der Waals surface area (Å²) in [6.45, 7) is 3.87. The SMILES string of the molecule is CCCn1c(=NC(=O)c2cc(Cl)ccc2Cl)sc2cc3c(cc21)OCCO3. The maximum Gasteiger partial charge on any atom is 0.281 e. The molecule has 0 bridgehead atoms. The van der Waals surface area contributed by atoms with Crippen molar-refractivity contribution in [2.45, 2.75) is 19.9 Å². The first-order valence-corrected chi connectivity index (χ1v) is 10.1. The normalized spacial score (nSPS) is 14.0. The number of nitrogens with zero attached hydrogens (tertiary/aromatic N) is 2. The zero-order valence-corrected chi connectivity index (χ0v) is 16.8. The molecule has 4 rings (SSSR count). The van der Waals surface area contributed by atoms with Gasteiger partial charge in [0.15, 0.2) is 16.3 Å². The van der Waals surface area contributed by atoms with E-state index in [0.29, 0.717) is 33.8 Å². The Labute approximate surface area is 169 Å². The Morgan fingerprint density at radius 2 is 1.93 bits per heavy atom. The van der Waals surface area contributed by atoms with Crippen molar-refractivity contribution in [2.75, 3.05) is 13.2 Å². The van der Waals surface area contributed by atoms with E-state index in [2.05, 4.69) is 11.9 Å². The van der Waals surface area contributed by atoms with Gasteiger partial charge in [0.1, 0.15) is 13.2 Å². The Bertz CT molecular complexity index is 1100. The molecule has 1 amide bonds. The van der Waals surface area contributed by atoms with Crippen LogP contribution in [0.3, 0.4) is 0 Å². The second-order valence-electron chi connectivity index (χ2n) is 6.04. The number of hydrogen-bond acceptors (Lipinski definition) is 4. The molecular weight excluding hydrogens is 407 g/mol. The average molecular weight is 423 g/mol. The maximum absolute atomic E-state index is 12.7. The van der Waals surface area contributed by atoms with E-state index in [1.165, 1.54) is 17.4 Å². The van der Waals surface area contributed by atoms with Crippen molar-refractivity contribution in [3.63, 3.8) is 0 Å². The number of benzene rings is 2. The standard InChI is InChI=1S/C19H16Cl2N2O3S/c1-2-5-23-14-9-15-16(26-7-6-25-15)10-17(14)27-19(23)22-18(24)12-8-11(20)3-4-13(12)21/h3-4,8-10H,2,5-7H2,1H3. The highest BCUT2D eigenvalue weighted by atomic mass is 35.5. The van der Waals surface area contributed by atoms with E-state index in [1.807, 2.05) is 16.7 Å². The fourth-order valence-corrected chi connectivity index (χ4v) is 4.38. The summed E-state index contributed by atoms with van der Waals surface area (Å²) in [7, 11) is 0. The molecule has 0 N–H and O–H groups in total. The third kappa shape index (κ3) is 3.57. The third-order valence-electron chi connectivity index (χ3n) is 4.15. The average Bonchev–Trinajstić information content (AvgIpc) is 2.98. The van der Waals surface area contributed by atoms with Gasteiger partial charge >= 0.3 is 0 Å². The lowest BCUT2D eigenvalue weighted by atomic mass is 10.2. The first-order chi connectivity index (χ1) is 13.1. The molecule has 0 saturated carbocycles. The molecule has 1 aromatic heterocycles. The van der Waals surface area contributed by atoms with Crippen LogP contribution in [0.5, 0.6) is 11.5 Å². The van der Waals surface area contributed by atoms with Crippen molar-refractivity contribution in [1.82, 2.24) is 4.57 Å². The van der Waals surface area contributed by atoms with Crippen LogP contribution >= 0.6 is 34.5 Å². The molecule has 1 aliphatic rings. The van der Waals surface area contributed by atoms with Crippen LogP contribution in [-0.2, 0) is 6.54 Å². The van der Waals surface area contributed by atoms with Crippen LogP contribution in [0, 0.1) is 0 Å². The maximum atomic E-state index is 12.7. The van der Waals surface area contributed by atoms with E-state index in [0.717, 1.165) is 28.9 Å². The molecule has 5 nitrogen and oxygen atoms in total. The Morgan fingerprint density at radius 1 is 1.19 bits per heavy atom. The summed E-state index contributed by atoms with van der Waals surface area (Å²) < 4.78 is 14.4. The van der Waals surface area contributed by atoms with Gasteiger partial charge in [0.25, 0.3) is 5.91 Å². The van der Waals surface area contributed by atoms with Crippen molar-refractivity contribution in [3.05, 3.63) is 50.7 Å². The third-order valence-corrected chi connectivity index (χ3v) is 5.76. The molecule has 0 spiro atoms. The highest BCUT2D eigenvalue weighted by Gasteiger charge is 2.17. The van der Waals surface area contributed by atoms with Crippen molar-refractivity contribution < 1.29 is 14.3 Å². The minimum Gasteiger partial charge on any atom is -0.486 e. The topological polar surface area (TPSA) is 52.8 Å². The summed E-state index contributed by atoms with van der Waals surface area (Å²) >= 11 is 13.6. The van der Waals surface area contributed by atoms with Crippen molar-refractivity contribution in [3.8, 4) is 11.5 Å². The van der Waals surface area contributed by atoms with Gasteiger partial charge in [-0.2, -0.15) is 4.99 Å². The van der Waals surface area contributed by atoms with Gasteiger partial charge in [-0.25, -0.2) is 0 Å². The predicted molar refractivity (Wildman–Crippen MR) is 107 cm³/mol. The first kappa shape index (κ1) is 18.3. The van der Waals surface area contributed by atoms with Gasteiger partial charge in [0.05, 0.1) is 20.8 Å². The summed E-state index contributed by atoms with van der Waals surface area (Å²) in [5.41, 5.74) is 1.26. The zero-order chi connectivity index (χ0) is 19.0. The number of rotatable bonds is 3. The van der Waals surface area contributed by atoms with Crippen LogP contribution < -0.4 is 14.3 Å². The monoisotopic (exact) mass is 422 g/mol. The van der Waals surface area contributed by atoms with Crippen molar-refractivity contribution >= 4 is 50.7 Å². The molecule has 0 saturated heterocycles. The number of fused-ring (bicyclic) bond motifs is 2. The molecule has 0 aliphatic carbocycles. The summed E-state index contributed by atoms with van der Waals surface area (Å²) in [5.74, 6) is 1.01. The summed E-state index contributed by atoms with van der Waals surface area (Å²) in [4.78, 5) is 17.6. The lowest BCUT2D eigenvalue weighted by Gasteiger charge is -2.18. The molecule has 8 heteroatoms. The van der Waals surface area contributed by atoms with Crippen molar-refractivity contribution in [2.24, 2.45) is 4.99 Å². The number of carbonyl (C=O) groups excluding carboxylic acids is 1.